The molecule has 0 unspecified atom stereocenters. The number of fused-ring (bicyclic) bond motifs is 3. The third kappa shape index (κ3) is 1.58. The molecular weight excluding hydrogens is 208 g/mol. The summed E-state index contributed by atoms with van der Waals surface area (Å²) in [6.07, 6.45) is 4.49. The van der Waals surface area contributed by atoms with E-state index in [4.69, 9.17) is 0 Å². The van der Waals surface area contributed by atoms with Gasteiger partial charge in [-0.25, -0.2) is 15.4 Å². The maximum absolute atomic E-state index is 4.25. The van der Waals surface area contributed by atoms with E-state index < -0.39 is 0 Å². The zero-order valence-corrected chi connectivity index (χ0v) is 8.84. The lowest BCUT2D eigenvalue weighted by Gasteiger charge is -2.06. The SMILES string of the molecule is c1ncc2c3c(ccc2n1)CCNNS3. The number of rotatable bonds is 0. The molecule has 4 nitrogen and oxygen atoms in total. The van der Waals surface area contributed by atoms with Crippen molar-refractivity contribution in [3.8, 4) is 0 Å². The first-order valence-electron chi connectivity index (χ1n) is 4.81. The summed E-state index contributed by atoms with van der Waals surface area (Å²) in [5.74, 6) is 0. The third-order valence-electron chi connectivity index (χ3n) is 2.47. The van der Waals surface area contributed by atoms with E-state index in [1.165, 1.54) is 10.5 Å². The molecule has 76 valence electrons. The van der Waals surface area contributed by atoms with E-state index in [0.717, 1.165) is 23.9 Å². The molecule has 2 N–H and O–H groups in total. The normalized spacial score (nSPS) is 16.0. The van der Waals surface area contributed by atoms with Gasteiger partial charge in [0, 0.05) is 23.0 Å². The molecule has 0 aliphatic carbocycles. The molecule has 0 amide bonds. The van der Waals surface area contributed by atoms with Crippen molar-refractivity contribution < 1.29 is 0 Å². The van der Waals surface area contributed by atoms with Crippen LogP contribution in [0.4, 0.5) is 0 Å². The van der Waals surface area contributed by atoms with Crippen molar-refractivity contribution in [3.05, 3.63) is 30.2 Å². The Hall–Kier alpha value is -1.17. The first kappa shape index (κ1) is 9.08. The lowest BCUT2D eigenvalue weighted by molar-refractivity contribution is 0.688. The van der Waals surface area contributed by atoms with Gasteiger partial charge in [0.05, 0.1) is 5.52 Å². The number of aromatic nitrogens is 2. The highest BCUT2D eigenvalue weighted by molar-refractivity contribution is 7.97. The second-order valence-corrected chi connectivity index (χ2v) is 4.21. The Morgan fingerprint density at radius 3 is 3.33 bits per heavy atom. The summed E-state index contributed by atoms with van der Waals surface area (Å²) in [6.45, 7) is 0.944. The molecule has 0 spiro atoms. The van der Waals surface area contributed by atoms with Gasteiger partial charge in [0.25, 0.3) is 0 Å². The fourth-order valence-electron chi connectivity index (χ4n) is 1.73. The molecule has 0 radical (unpaired) electrons. The van der Waals surface area contributed by atoms with Crippen molar-refractivity contribution in [3.63, 3.8) is 0 Å². The van der Waals surface area contributed by atoms with Crippen LogP contribution in [0, 0.1) is 0 Å². The maximum Gasteiger partial charge on any atom is 0.116 e. The summed E-state index contributed by atoms with van der Waals surface area (Å²) in [7, 11) is 0. The number of benzene rings is 1. The van der Waals surface area contributed by atoms with Crippen molar-refractivity contribution in [2.75, 3.05) is 6.54 Å². The molecule has 1 aliphatic heterocycles. The Morgan fingerprint density at radius 2 is 2.33 bits per heavy atom. The van der Waals surface area contributed by atoms with Crippen LogP contribution < -0.4 is 10.3 Å². The molecule has 15 heavy (non-hydrogen) atoms. The van der Waals surface area contributed by atoms with Crippen LogP contribution >= 0.6 is 11.9 Å². The third-order valence-corrected chi connectivity index (χ3v) is 3.40. The van der Waals surface area contributed by atoms with E-state index in [2.05, 4.69) is 32.4 Å². The topological polar surface area (TPSA) is 49.8 Å². The van der Waals surface area contributed by atoms with E-state index in [0.29, 0.717) is 0 Å². The zero-order chi connectivity index (χ0) is 10.1. The van der Waals surface area contributed by atoms with Crippen LogP contribution in [-0.4, -0.2) is 16.5 Å². The summed E-state index contributed by atoms with van der Waals surface area (Å²) in [5.41, 5.74) is 5.48. The van der Waals surface area contributed by atoms with Gasteiger partial charge in [-0.05, 0) is 30.0 Å². The van der Waals surface area contributed by atoms with Crippen molar-refractivity contribution >= 4 is 22.9 Å². The molecule has 1 aromatic heterocycles. The van der Waals surface area contributed by atoms with Gasteiger partial charge in [0.2, 0.25) is 0 Å². The second-order valence-electron chi connectivity index (χ2n) is 3.39. The predicted molar refractivity (Wildman–Crippen MR) is 60.2 cm³/mol. The Morgan fingerprint density at radius 1 is 1.33 bits per heavy atom. The molecule has 2 heterocycles. The Kier molecular flexibility index (Phi) is 2.28. The Labute approximate surface area is 91.6 Å². The summed E-state index contributed by atoms with van der Waals surface area (Å²) in [5, 5.41) is 1.12. The van der Waals surface area contributed by atoms with E-state index in [-0.39, 0.29) is 0 Å². The van der Waals surface area contributed by atoms with Crippen LogP contribution in [0.25, 0.3) is 10.9 Å². The van der Waals surface area contributed by atoms with Crippen LogP contribution in [0.5, 0.6) is 0 Å². The summed E-state index contributed by atoms with van der Waals surface area (Å²) in [4.78, 5) is 12.7. The average Bonchev–Trinajstić information content (AvgIpc) is 2.54. The Balaban J connectivity index is 2.27. The van der Waals surface area contributed by atoms with Gasteiger partial charge < -0.3 is 0 Å². The minimum absolute atomic E-state index is 0.944. The van der Waals surface area contributed by atoms with Crippen molar-refractivity contribution in [2.45, 2.75) is 11.3 Å². The number of nitrogens with zero attached hydrogens (tertiary/aromatic N) is 2. The maximum atomic E-state index is 4.25. The largest absolute Gasteiger partial charge is 0.247 e. The van der Waals surface area contributed by atoms with Crippen molar-refractivity contribution in [1.82, 2.24) is 20.2 Å². The minimum Gasteiger partial charge on any atom is -0.247 e. The summed E-state index contributed by atoms with van der Waals surface area (Å²) in [6, 6.07) is 4.20. The molecule has 0 bridgehead atoms. The van der Waals surface area contributed by atoms with E-state index in [1.807, 2.05) is 6.20 Å². The number of hydrogen-bond donors (Lipinski definition) is 2. The highest BCUT2D eigenvalue weighted by atomic mass is 32.2. The van der Waals surface area contributed by atoms with Gasteiger partial charge in [-0.1, -0.05) is 6.07 Å². The summed E-state index contributed by atoms with van der Waals surface area (Å²) < 4.78 is 0. The molecule has 2 aromatic rings. The first-order valence-corrected chi connectivity index (χ1v) is 5.63. The fourth-order valence-corrected chi connectivity index (χ4v) is 2.57. The van der Waals surface area contributed by atoms with E-state index in [1.54, 1.807) is 18.3 Å². The first-order chi connectivity index (χ1) is 7.45. The van der Waals surface area contributed by atoms with Gasteiger partial charge in [0.1, 0.15) is 6.33 Å². The number of hydrazine groups is 1. The van der Waals surface area contributed by atoms with Crippen molar-refractivity contribution in [1.29, 1.82) is 0 Å². The van der Waals surface area contributed by atoms with Gasteiger partial charge >= 0.3 is 0 Å². The molecule has 0 saturated heterocycles. The van der Waals surface area contributed by atoms with Gasteiger partial charge in [-0.2, -0.15) is 4.83 Å². The lowest BCUT2D eigenvalue weighted by atomic mass is 10.1. The quantitative estimate of drug-likeness (QED) is 0.652. The molecular formula is C10H10N4S. The highest BCUT2D eigenvalue weighted by Crippen LogP contribution is 2.29. The van der Waals surface area contributed by atoms with E-state index in [9.17, 15) is 0 Å². The monoisotopic (exact) mass is 218 g/mol. The molecule has 1 aliphatic rings. The van der Waals surface area contributed by atoms with Crippen LogP contribution in [-0.2, 0) is 6.42 Å². The van der Waals surface area contributed by atoms with Crippen molar-refractivity contribution in [2.24, 2.45) is 0 Å². The Bertz CT molecular complexity index is 500. The molecule has 3 rings (SSSR count). The smallest absolute Gasteiger partial charge is 0.116 e. The number of hydrogen-bond acceptors (Lipinski definition) is 5. The fraction of sp³-hybridized carbons (Fsp3) is 0.200. The van der Waals surface area contributed by atoms with Gasteiger partial charge in [-0.3, -0.25) is 0 Å². The molecule has 5 heteroatoms. The zero-order valence-electron chi connectivity index (χ0n) is 8.03. The number of nitrogens with one attached hydrogen (secondary N) is 2. The van der Waals surface area contributed by atoms with Gasteiger partial charge in [-0.15, -0.1) is 0 Å². The molecule has 0 atom stereocenters. The lowest BCUT2D eigenvalue weighted by Crippen LogP contribution is -2.25. The molecule has 1 aromatic carbocycles. The van der Waals surface area contributed by atoms with E-state index >= 15 is 0 Å². The average molecular weight is 218 g/mol. The standard InChI is InChI=1S/C10H10N4S/c1-2-9-8(5-11-6-12-9)10-7(1)3-4-13-14-15-10/h1-2,5-6,13-14H,3-4H2. The highest BCUT2D eigenvalue weighted by Gasteiger charge is 2.11. The minimum atomic E-state index is 0.944. The van der Waals surface area contributed by atoms with Crippen LogP contribution in [0.3, 0.4) is 0 Å². The molecule has 0 saturated carbocycles. The molecule has 0 fully saturated rings. The van der Waals surface area contributed by atoms with Crippen LogP contribution in [0.2, 0.25) is 0 Å². The second kappa shape index (κ2) is 3.77. The van der Waals surface area contributed by atoms with Gasteiger partial charge in [0.15, 0.2) is 0 Å². The summed E-state index contributed by atoms with van der Waals surface area (Å²) >= 11 is 1.60. The predicted octanol–water partition coefficient (Wildman–Crippen LogP) is 1.29. The van der Waals surface area contributed by atoms with Crippen LogP contribution in [0.15, 0.2) is 29.6 Å². The van der Waals surface area contributed by atoms with Crippen LogP contribution in [0.1, 0.15) is 5.56 Å².